The first-order chi connectivity index (χ1) is 44.4. The monoisotopic (exact) mass is 1360 g/mol. The van der Waals surface area contributed by atoms with Crippen LogP contribution in [0.2, 0.25) is 0 Å². The highest BCUT2D eigenvalue weighted by molar-refractivity contribution is 5.02. The molecule has 40 nitrogen and oxygen atoms in total. The van der Waals surface area contributed by atoms with Crippen molar-refractivity contribution in [1.29, 1.82) is 0 Å². The summed E-state index contributed by atoms with van der Waals surface area (Å²) < 4.78 is 94.4. The Morgan fingerprint density at radius 2 is 0.344 bits per heavy atom. The van der Waals surface area contributed by atoms with Gasteiger partial charge in [-0.15, -0.1) is 0 Å². The van der Waals surface area contributed by atoms with Crippen LogP contribution in [0, 0.1) is 0 Å². The van der Waals surface area contributed by atoms with Gasteiger partial charge in [-0.25, -0.2) is 4.57 Å². The number of aliphatic hydroxyl groups excluding tert-OH is 23. The molecule has 93 heavy (non-hydrogen) atoms. The molecule has 0 unspecified atom stereocenters. The molecular formula is C53H84NO39+. The van der Waals surface area contributed by atoms with Gasteiger partial charge in [0.25, 0.3) is 0 Å². The van der Waals surface area contributed by atoms with Gasteiger partial charge in [0, 0.05) is 12.1 Å². The van der Waals surface area contributed by atoms with E-state index in [-0.39, 0.29) is 6.54 Å². The number of ether oxygens (including phenoxy) is 16. The topological polar surface area (TPSA) is 617 Å². The molecule has 16 bridgehead atoms. The fourth-order valence-corrected chi connectivity index (χ4v) is 12.7. The van der Waals surface area contributed by atoms with E-state index in [0.29, 0.717) is 0 Å². The molecule has 1 aromatic heterocycles. The van der Waals surface area contributed by atoms with Gasteiger partial charge in [-0.2, -0.15) is 0 Å². The number of hydrogen-bond acceptors (Lipinski definition) is 39. The van der Waals surface area contributed by atoms with E-state index in [9.17, 15) is 117 Å². The zero-order valence-corrected chi connectivity index (χ0v) is 48.9. The summed E-state index contributed by atoms with van der Waals surface area (Å²) in [5, 5.41) is 258. The predicted molar refractivity (Wildman–Crippen MR) is 281 cm³/mol. The summed E-state index contributed by atoms with van der Waals surface area (Å²) in [5.41, 5.74) is 0. The molecule has 30 aliphatic heterocycles. The van der Waals surface area contributed by atoms with Gasteiger partial charge in [-0.1, -0.05) is 6.07 Å². The number of hydrogen-bond donors (Lipinski definition) is 23. The van der Waals surface area contributed by atoms with Crippen LogP contribution in [-0.2, 0) is 82.3 Å². The second kappa shape index (κ2) is 31.4. The van der Waals surface area contributed by atoms with Crippen molar-refractivity contribution >= 4 is 0 Å². The van der Waals surface area contributed by atoms with E-state index in [4.69, 9.17) is 75.8 Å². The lowest BCUT2D eigenvalue weighted by molar-refractivity contribution is -0.707. The van der Waals surface area contributed by atoms with Gasteiger partial charge in [0.15, 0.2) is 69.3 Å². The van der Waals surface area contributed by atoms with E-state index < -0.39 is 292 Å². The standard InChI is InChI=1S/C53H84NO39/c55-7-15-39-24(64)32(72)48(80-15)89-41-17(9-57)82-50(34(74)26(41)66)91-43-19(11-59)84-52(36(76)28(43)68)93-45-21(13-61)85-53(37(77)29(45)69)92-44-20(12-60)83-51(35(75)27(44)67)90-42-18(10-58)81-49(33(73)25(42)65)88-40-16(8-56)79-47(31(71)23(40)63)86-38-14(6-54-4-2-1-3-5-54)78-46(87-39)30(70)22(38)62/h1-5,14-53,55-77H,6-13H2/q+1/t14-,15-,16-,17-,18-,19-,20-,21-,22-,23-,24-,25-,26-,27-,28-,29-,30-,31-,32-,33-,34-,35-,36-,37-,38-,39-,40-,41-,42-,43-,44-,45-,46-,47-,48-,49-,50-,51-,52-,53-/m1/s1. The lowest BCUT2D eigenvalue weighted by atomic mass is 9.94. The second-order valence-electron chi connectivity index (χ2n) is 23.8. The largest absolute Gasteiger partial charge is 0.394 e. The van der Waals surface area contributed by atoms with Crippen LogP contribution >= 0.6 is 0 Å². The number of rotatable bonds is 9. The van der Waals surface area contributed by atoms with Crippen molar-refractivity contribution in [2.75, 3.05) is 46.2 Å². The van der Waals surface area contributed by atoms with Crippen LogP contribution in [-0.4, -0.2) is 409 Å². The van der Waals surface area contributed by atoms with Crippen molar-refractivity contribution in [3.05, 3.63) is 30.6 Å². The van der Waals surface area contributed by atoms with Crippen LogP contribution in [0.1, 0.15) is 0 Å². The van der Waals surface area contributed by atoms with Gasteiger partial charge in [-0.05, 0) is 0 Å². The molecule has 0 radical (unpaired) electrons. The molecule has 0 aromatic carbocycles. The Bertz CT molecular complexity index is 2440. The molecule has 23 N–H and O–H groups in total. The Labute approximate surface area is 525 Å². The minimum atomic E-state index is -2.25. The van der Waals surface area contributed by atoms with E-state index in [1.165, 1.54) is 4.57 Å². The van der Waals surface area contributed by atoms with E-state index in [1.54, 1.807) is 30.6 Å². The van der Waals surface area contributed by atoms with E-state index in [2.05, 4.69) is 0 Å². The molecule has 30 aliphatic rings. The quantitative estimate of drug-likeness (QED) is 0.102. The fraction of sp³-hybridized carbons (Fsp3) is 0.906. The number of nitrogens with zero attached hydrogens (tertiary/aromatic N) is 1. The predicted octanol–water partition coefficient (Wildman–Crippen LogP) is -16.4. The molecule has 0 saturated carbocycles. The fourth-order valence-electron chi connectivity index (χ4n) is 12.7. The van der Waals surface area contributed by atoms with Crippen molar-refractivity contribution in [3.63, 3.8) is 0 Å². The van der Waals surface area contributed by atoms with Crippen molar-refractivity contribution in [3.8, 4) is 0 Å². The molecule has 40 heteroatoms. The molecule has 0 amide bonds. The molecule has 1 aromatic rings. The highest BCUT2D eigenvalue weighted by atomic mass is 16.8. The Kier molecular flexibility index (Phi) is 24.8. The summed E-state index contributed by atoms with van der Waals surface area (Å²) in [6.45, 7) is -7.74. The van der Waals surface area contributed by atoms with Gasteiger partial charge >= 0.3 is 0 Å². The first kappa shape index (κ1) is 73.3. The molecule has 534 valence electrons. The van der Waals surface area contributed by atoms with Crippen LogP contribution in [0.25, 0.3) is 0 Å². The Hall–Kier alpha value is -2.41. The van der Waals surface area contributed by atoms with Crippen molar-refractivity contribution in [2.45, 2.75) is 252 Å². The summed E-state index contributed by atoms with van der Waals surface area (Å²) in [5.74, 6) is 0. The SMILES string of the molecule is OC[C@H]1O[C@@H]2O[C@H]3[C@H](O)[C@@H](O)[C@@H](O[C@H]4[C@H](O)[C@@H](O)[C@@H](O[C@H]5[C@H](O)[C@@H](O)[C@@H](O[C@H]6[C@H](O)[C@@H](O)[C@@H](O[C@H]7[C@H](O)[C@@H](O)[C@@H](O[C@H]8[C@H](O)[C@@H](O)[C@@H](O[C@H]9[C@H](O)[C@@H](O)[C@@H](O[C@H]1[C@H](O)[C@H]2O)O[C@@H]9CO)O[C@@H]8CO)O[C@@H]7CO)O[C@@H]6C[n+]1ccccc1)O[C@@H]5CO)O[C@@H]4CO)O[C@@H]3CO. The summed E-state index contributed by atoms with van der Waals surface area (Å²) in [4.78, 5) is 0. The molecule has 31 heterocycles. The maximum atomic E-state index is 11.8. The third-order valence-electron chi connectivity index (χ3n) is 17.9. The summed E-state index contributed by atoms with van der Waals surface area (Å²) in [6.07, 6.45) is -77.8. The van der Waals surface area contributed by atoms with E-state index >= 15 is 0 Å². The zero-order valence-electron chi connectivity index (χ0n) is 48.9. The van der Waals surface area contributed by atoms with Gasteiger partial charge in [0.05, 0.1) is 46.2 Å². The van der Waals surface area contributed by atoms with Gasteiger partial charge < -0.3 is 193 Å². The van der Waals surface area contributed by atoms with Gasteiger partial charge in [-0.3, -0.25) is 0 Å². The van der Waals surface area contributed by atoms with Crippen LogP contribution < -0.4 is 4.57 Å². The lowest BCUT2D eigenvalue weighted by Gasteiger charge is -2.50. The van der Waals surface area contributed by atoms with Gasteiger partial charge in [0.2, 0.25) is 0 Å². The van der Waals surface area contributed by atoms with Crippen molar-refractivity contribution < 1.29 is 198 Å². The Morgan fingerprint density at radius 3 is 0.505 bits per heavy atom. The molecule has 30 fully saturated rings. The summed E-state index contributed by atoms with van der Waals surface area (Å²) >= 11 is 0. The normalized spacial score (nSPS) is 53.0. The molecule has 0 spiro atoms. The van der Waals surface area contributed by atoms with Crippen LogP contribution in [0.3, 0.4) is 0 Å². The molecule has 31 rings (SSSR count). The minimum Gasteiger partial charge on any atom is -0.394 e. The zero-order chi connectivity index (χ0) is 67.2. The summed E-state index contributed by atoms with van der Waals surface area (Å²) in [7, 11) is 0. The smallest absolute Gasteiger partial charge is 0.187 e. The van der Waals surface area contributed by atoms with Crippen molar-refractivity contribution in [2.24, 2.45) is 0 Å². The van der Waals surface area contributed by atoms with Crippen LogP contribution in [0.15, 0.2) is 30.6 Å². The number of aromatic nitrogens is 1. The maximum absolute atomic E-state index is 11.8. The average Bonchev–Trinajstić information content (AvgIpc) is 0.788. The highest BCUT2D eigenvalue weighted by Crippen LogP contribution is 2.40. The Morgan fingerprint density at radius 1 is 0.194 bits per heavy atom. The second-order valence-corrected chi connectivity index (χ2v) is 23.8. The summed E-state index contributed by atoms with van der Waals surface area (Å²) in [6, 6.07) is 4.86. The third kappa shape index (κ3) is 14.8. The van der Waals surface area contributed by atoms with Crippen LogP contribution in [0.4, 0.5) is 0 Å². The van der Waals surface area contributed by atoms with Crippen LogP contribution in [0.5, 0.6) is 0 Å². The number of aliphatic hydroxyl groups is 23. The highest BCUT2D eigenvalue weighted by Gasteiger charge is 2.60. The molecule has 40 atom stereocenters. The lowest BCUT2D eigenvalue weighted by Crippen LogP contribution is -2.69. The average molecular weight is 1360 g/mol. The van der Waals surface area contributed by atoms with Gasteiger partial charge in [0.1, 0.15) is 195 Å². The van der Waals surface area contributed by atoms with Crippen molar-refractivity contribution in [1.82, 2.24) is 0 Å². The first-order valence-corrected chi connectivity index (χ1v) is 30.0. The Balaban J connectivity index is 0.927. The van der Waals surface area contributed by atoms with E-state index in [0.717, 1.165) is 0 Å². The minimum absolute atomic E-state index is 0.274. The number of pyridine rings is 1. The molecule has 0 aliphatic carbocycles. The maximum Gasteiger partial charge on any atom is 0.187 e. The van der Waals surface area contributed by atoms with E-state index in [1.807, 2.05) is 0 Å². The first-order valence-electron chi connectivity index (χ1n) is 30.0. The molecular weight excluding hydrogens is 1270 g/mol. The third-order valence-corrected chi connectivity index (χ3v) is 17.9. The molecule has 30 saturated heterocycles.